The molecule has 96 valence electrons. The van der Waals surface area contributed by atoms with Crippen LogP contribution in [0, 0.1) is 11.3 Å². The van der Waals surface area contributed by atoms with E-state index in [4.69, 9.17) is 5.26 Å². The second-order valence-electron chi connectivity index (χ2n) is 3.85. The van der Waals surface area contributed by atoms with E-state index in [0.717, 1.165) is 12.8 Å². The van der Waals surface area contributed by atoms with Crippen LogP contribution >= 0.6 is 0 Å². The minimum atomic E-state index is -1.13. The molecule has 0 fully saturated rings. The number of unbranched alkanes of at least 4 members (excludes halogenated alkanes) is 1. The Labute approximate surface area is 109 Å². The van der Waals surface area contributed by atoms with Crippen molar-refractivity contribution in [3.05, 3.63) is 29.8 Å². The topological polar surface area (TPSA) is 70.0 Å². The van der Waals surface area contributed by atoms with Crippen molar-refractivity contribution >= 4 is 22.4 Å². The number of anilines is 1. The number of rotatable bonds is 6. The Bertz CT molecular complexity index is 480. The van der Waals surface area contributed by atoms with Gasteiger partial charge in [0.25, 0.3) is 0 Å². The number of benzene rings is 1. The van der Waals surface area contributed by atoms with E-state index in [1.807, 2.05) is 13.0 Å². The molecule has 1 aromatic rings. The molecule has 0 radical (unpaired) electrons. The first-order valence-corrected chi connectivity index (χ1v) is 7.30. The number of para-hydroxylation sites is 1. The van der Waals surface area contributed by atoms with Gasteiger partial charge in [-0.05, 0) is 18.6 Å². The molecule has 0 spiro atoms. The lowest BCUT2D eigenvalue weighted by molar-refractivity contribution is -0.113. The van der Waals surface area contributed by atoms with E-state index in [1.165, 1.54) is 0 Å². The van der Waals surface area contributed by atoms with Gasteiger partial charge in [-0.15, -0.1) is 0 Å². The number of carbonyl (C=O) groups excluding carboxylic acids is 1. The molecule has 0 heterocycles. The van der Waals surface area contributed by atoms with Crippen molar-refractivity contribution in [3.8, 4) is 6.07 Å². The third kappa shape index (κ3) is 4.68. The number of nitriles is 1. The Balaban J connectivity index is 2.55. The molecule has 4 nitrogen and oxygen atoms in total. The van der Waals surface area contributed by atoms with Gasteiger partial charge in [0.15, 0.2) is 0 Å². The molecule has 0 bridgehead atoms. The summed E-state index contributed by atoms with van der Waals surface area (Å²) in [5, 5.41) is 11.5. The summed E-state index contributed by atoms with van der Waals surface area (Å²) in [4.78, 5) is 11.6. The molecule has 0 saturated heterocycles. The Hall–Kier alpha value is -1.67. The van der Waals surface area contributed by atoms with Crippen molar-refractivity contribution in [1.82, 2.24) is 0 Å². The normalized spacial score (nSPS) is 11.6. The third-order valence-electron chi connectivity index (χ3n) is 2.34. The molecule has 1 rings (SSSR count). The maximum Gasteiger partial charge on any atom is 0.237 e. The van der Waals surface area contributed by atoms with Gasteiger partial charge >= 0.3 is 0 Å². The highest BCUT2D eigenvalue weighted by molar-refractivity contribution is 7.85. The molecule has 0 aliphatic rings. The summed E-state index contributed by atoms with van der Waals surface area (Å²) in [5.74, 6) is 0.218. The Morgan fingerprint density at radius 2 is 2.17 bits per heavy atom. The van der Waals surface area contributed by atoms with E-state index in [1.54, 1.807) is 24.3 Å². The number of hydrogen-bond donors (Lipinski definition) is 1. The lowest BCUT2D eigenvalue weighted by Crippen LogP contribution is -2.21. The van der Waals surface area contributed by atoms with Crippen molar-refractivity contribution in [3.63, 3.8) is 0 Å². The van der Waals surface area contributed by atoms with E-state index < -0.39 is 10.8 Å². The average molecular weight is 264 g/mol. The van der Waals surface area contributed by atoms with Crippen LogP contribution in [0.4, 0.5) is 5.69 Å². The Kier molecular flexibility index (Phi) is 6.09. The minimum absolute atomic E-state index is 0.0141. The van der Waals surface area contributed by atoms with Crippen LogP contribution in [-0.2, 0) is 15.6 Å². The summed E-state index contributed by atoms with van der Waals surface area (Å²) in [6, 6.07) is 8.76. The minimum Gasteiger partial charge on any atom is -0.324 e. The first-order valence-electron chi connectivity index (χ1n) is 5.81. The molecule has 0 saturated carbocycles. The largest absolute Gasteiger partial charge is 0.324 e. The fourth-order valence-corrected chi connectivity index (χ4v) is 2.52. The van der Waals surface area contributed by atoms with Gasteiger partial charge in [-0.1, -0.05) is 25.5 Å². The molecule has 0 aliphatic carbocycles. The van der Waals surface area contributed by atoms with Crippen LogP contribution in [0.1, 0.15) is 25.3 Å². The lowest BCUT2D eigenvalue weighted by Gasteiger charge is -2.06. The summed E-state index contributed by atoms with van der Waals surface area (Å²) in [6.07, 6.45) is 1.82. The highest BCUT2D eigenvalue weighted by atomic mass is 32.2. The average Bonchev–Trinajstić information content (AvgIpc) is 2.36. The molecule has 1 atom stereocenters. The second kappa shape index (κ2) is 7.62. The third-order valence-corrected chi connectivity index (χ3v) is 3.67. The highest BCUT2D eigenvalue weighted by Gasteiger charge is 2.09. The van der Waals surface area contributed by atoms with E-state index >= 15 is 0 Å². The Morgan fingerprint density at radius 1 is 1.44 bits per heavy atom. The van der Waals surface area contributed by atoms with Gasteiger partial charge in [0.05, 0.1) is 11.3 Å². The highest BCUT2D eigenvalue weighted by Crippen LogP contribution is 2.13. The van der Waals surface area contributed by atoms with Crippen molar-refractivity contribution in [2.24, 2.45) is 0 Å². The standard InChI is InChI=1S/C13H16N2O2S/c1-2-3-8-18(17)10-13(16)15-12-7-5-4-6-11(12)9-14/h4-7H,2-3,8,10H2,1H3,(H,15,16). The lowest BCUT2D eigenvalue weighted by atomic mass is 10.2. The first kappa shape index (κ1) is 14.4. The van der Waals surface area contributed by atoms with Crippen LogP contribution in [0.2, 0.25) is 0 Å². The zero-order valence-corrected chi connectivity index (χ0v) is 11.1. The van der Waals surface area contributed by atoms with E-state index in [9.17, 15) is 9.00 Å². The predicted molar refractivity (Wildman–Crippen MR) is 72.6 cm³/mol. The van der Waals surface area contributed by atoms with Crippen molar-refractivity contribution in [2.75, 3.05) is 16.8 Å². The molecule has 0 aromatic heterocycles. The molecule has 0 aliphatic heterocycles. The van der Waals surface area contributed by atoms with Crippen LogP contribution in [0.25, 0.3) is 0 Å². The fraction of sp³-hybridized carbons (Fsp3) is 0.385. The predicted octanol–water partition coefficient (Wildman–Crippen LogP) is 2.05. The molecule has 1 amide bonds. The quantitative estimate of drug-likeness (QED) is 0.854. The monoisotopic (exact) mass is 264 g/mol. The van der Waals surface area contributed by atoms with E-state index in [2.05, 4.69) is 5.32 Å². The zero-order valence-electron chi connectivity index (χ0n) is 10.3. The first-order chi connectivity index (χ1) is 8.67. The summed E-state index contributed by atoms with van der Waals surface area (Å²) in [6.45, 7) is 2.01. The number of nitrogens with one attached hydrogen (secondary N) is 1. The van der Waals surface area contributed by atoms with Gasteiger partial charge in [-0.3, -0.25) is 9.00 Å². The van der Waals surface area contributed by atoms with E-state index in [-0.39, 0.29) is 11.7 Å². The van der Waals surface area contributed by atoms with Gasteiger partial charge in [0, 0.05) is 16.6 Å². The van der Waals surface area contributed by atoms with Crippen molar-refractivity contribution < 1.29 is 9.00 Å². The maximum atomic E-state index is 11.6. The van der Waals surface area contributed by atoms with Crippen LogP contribution < -0.4 is 5.32 Å². The van der Waals surface area contributed by atoms with Gasteiger partial charge in [-0.25, -0.2) is 0 Å². The summed E-state index contributed by atoms with van der Waals surface area (Å²) >= 11 is 0. The zero-order chi connectivity index (χ0) is 13.4. The Morgan fingerprint density at radius 3 is 2.83 bits per heavy atom. The summed E-state index contributed by atoms with van der Waals surface area (Å²) in [5.41, 5.74) is 0.877. The summed E-state index contributed by atoms with van der Waals surface area (Å²) in [7, 11) is -1.13. The number of nitrogens with zero attached hydrogens (tertiary/aromatic N) is 1. The van der Waals surface area contributed by atoms with Gasteiger partial charge in [0.1, 0.15) is 11.8 Å². The molecular weight excluding hydrogens is 248 g/mol. The maximum absolute atomic E-state index is 11.6. The number of carbonyl (C=O) groups is 1. The van der Waals surface area contributed by atoms with Crippen LogP contribution in [0.3, 0.4) is 0 Å². The number of amides is 1. The molecule has 1 N–H and O–H groups in total. The molecule has 5 heteroatoms. The van der Waals surface area contributed by atoms with Gasteiger partial charge in [-0.2, -0.15) is 5.26 Å². The smallest absolute Gasteiger partial charge is 0.237 e. The van der Waals surface area contributed by atoms with E-state index in [0.29, 0.717) is 17.0 Å². The van der Waals surface area contributed by atoms with Gasteiger partial charge in [0.2, 0.25) is 5.91 Å². The van der Waals surface area contributed by atoms with Crippen LogP contribution in [0.5, 0.6) is 0 Å². The van der Waals surface area contributed by atoms with Crippen LogP contribution in [-0.4, -0.2) is 21.6 Å². The molecule has 1 aromatic carbocycles. The molecular formula is C13H16N2O2S. The molecule has 1 unspecified atom stereocenters. The van der Waals surface area contributed by atoms with Crippen molar-refractivity contribution in [1.29, 1.82) is 5.26 Å². The fourth-order valence-electron chi connectivity index (χ4n) is 1.40. The molecule has 18 heavy (non-hydrogen) atoms. The van der Waals surface area contributed by atoms with Gasteiger partial charge < -0.3 is 5.32 Å². The van der Waals surface area contributed by atoms with Crippen LogP contribution in [0.15, 0.2) is 24.3 Å². The second-order valence-corrected chi connectivity index (χ2v) is 5.42. The summed E-state index contributed by atoms with van der Waals surface area (Å²) < 4.78 is 11.5. The van der Waals surface area contributed by atoms with Crippen molar-refractivity contribution in [2.45, 2.75) is 19.8 Å². The SMILES string of the molecule is CCCCS(=O)CC(=O)Nc1ccccc1C#N. The number of hydrogen-bond acceptors (Lipinski definition) is 3.